The second kappa shape index (κ2) is 10.8. The van der Waals surface area contributed by atoms with E-state index in [2.05, 4.69) is 53.0 Å². The van der Waals surface area contributed by atoms with E-state index in [0.717, 1.165) is 18.8 Å². The number of rotatable bonds is 3. The summed E-state index contributed by atoms with van der Waals surface area (Å²) in [6.45, 7) is 2.24. The van der Waals surface area contributed by atoms with E-state index in [9.17, 15) is 8.78 Å². The number of hydrogen-bond acceptors (Lipinski definition) is 2. The summed E-state index contributed by atoms with van der Waals surface area (Å²) in [4.78, 5) is 3.62. The lowest BCUT2D eigenvalue weighted by Crippen LogP contribution is -2.13. The van der Waals surface area contributed by atoms with Crippen LogP contribution >= 0.6 is 12.2 Å². The fourth-order valence-electron chi connectivity index (χ4n) is 3.75. The summed E-state index contributed by atoms with van der Waals surface area (Å²) in [7, 11) is 0. The van der Waals surface area contributed by atoms with E-state index >= 15 is 0 Å². The van der Waals surface area contributed by atoms with Gasteiger partial charge in [0.2, 0.25) is 0 Å². The first-order valence-corrected chi connectivity index (χ1v) is 10.7. The molecule has 0 aliphatic heterocycles. The van der Waals surface area contributed by atoms with Gasteiger partial charge in [0.25, 0.3) is 0 Å². The van der Waals surface area contributed by atoms with Crippen LogP contribution in [0.15, 0.2) is 41.4 Å². The molecule has 0 N–H and O–H groups in total. The largest absolute Gasteiger partial charge is 0.206 e. The van der Waals surface area contributed by atoms with Crippen LogP contribution in [0, 0.1) is 47.2 Å². The molecule has 0 aromatic heterocycles. The van der Waals surface area contributed by atoms with Crippen molar-refractivity contribution in [2.24, 2.45) is 16.8 Å². The highest BCUT2D eigenvalue weighted by Gasteiger charge is 2.18. The number of benzene rings is 2. The van der Waals surface area contributed by atoms with Crippen LogP contribution in [-0.2, 0) is 0 Å². The fraction of sp³-hybridized carbons (Fsp3) is 0.346. The molecular formula is C26H23F2NS. The Hall–Kier alpha value is -2.78. The molecule has 2 aromatic rings. The smallest absolute Gasteiger partial charge is 0.150 e. The molecule has 0 saturated heterocycles. The fourth-order valence-corrected chi connectivity index (χ4v) is 3.85. The lowest BCUT2D eigenvalue weighted by molar-refractivity contribution is 0.300. The summed E-state index contributed by atoms with van der Waals surface area (Å²) >= 11 is 4.47. The molecule has 3 rings (SSSR count). The summed E-state index contributed by atoms with van der Waals surface area (Å²) in [6.07, 6.45) is 7.32. The molecule has 0 spiro atoms. The molecule has 0 atom stereocenters. The average Bonchev–Trinajstić information content (AvgIpc) is 2.75. The van der Waals surface area contributed by atoms with Gasteiger partial charge in [0.15, 0.2) is 5.82 Å². The van der Waals surface area contributed by atoms with Gasteiger partial charge in [-0.05, 0) is 80.2 Å². The maximum absolute atomic E-state index is 14.4. The summed E-state index contributed by atoms with van der Waals surface area (Å²) in [6, 6.07) is 9.12. The summed E-state index contributed by atoms with van der Waals surface area (Å²) in [5.74, 6) is 12.2. The number of thiocarbonyl (C=S) groups is 1. The van der Waals surface area contributed by atoms with Gasteiger partial charge in [-0.25, -0.2) is 8.78 Å². The highest BCUT2D eigenvalue weighted by Crippen LogP contribution is 2.31. The Kier molecular flexibility index (Phi) is 7.92. The average molecular weight is 420 g/mol. The van der Waals surface area contributed by atoms with Crippen molar-refractivity contribution in [1.82, 2.24) is 0 Å². The minimum Gasteiger partial charge on any atom is -0.206 e. The lowest BCUT2D eigenvalue weighted by Gasteiger charge is -2.25. The van der Waals surface area contributed by atoms with E-state index in [1.54, 1.807) is 18.2 Å². The van der Waals surface area contributed by atoms with Crippen molar-refractivity contribution < 1.29 is 8.78 Å². The summed E-state index contributed by atoms with van der Waals surface area (Å²) < 4.78 is 28.3. The second-order valence-electron chi connectivity index (χ2n) is 7.59. The minimum absolute atomic E-state index is 0.100. The molecule has 30 heavy (non-hydrogen) atoms. The van der Waals surface area contributed by atoms with Crippen LogP contribution in [0.4, 0.5) is 14.5 Å². The molecule has 0 unspecified atom stereocenters. The first kappa shape index (κ1) is 21.9. The van der Waals surface area contributed by atoms with Crippen LogP contribution in [0.3, 0.4) is 0 Å². The van der Waals surface area contributed by atoms with Gasteiger partial charge in [-0.3, -0.25) is 0 Å². The molecule has 0 bridgehead atoms. The predicted octanol–water partition coefficient (Wildman–Crippen LogP) is 7.06. The van der Waals surface area contributed by atoms with E-state index in [1.165, 1.54) is 43.9 Å². The van der Waals surface area contributed by atoms with Crippen LogP contribution < -0.4 is 0 Å². The molecule has 1 saturated carbocycles. The third-order valence-corrected chi connectivity index (χ3v) is 5.48. The minimum atomic E-state index is -0.547. The Labute approximate surface area is 182 Å². The predicted molar refractivity (Wildman–Crippen MR) is 121 cm³/mol. The Morgan fingerprint density at radius 1 is 0.933 bits per heavy atom. The van der Waals surface area contributed by atoms with Crippen molar-refractivity contribution in [3.05, 3.63) is 64.7 Å². The van der Waals surface area contributed by atoms with Crippen LogP contribution in [0.2, 0.25) is 0 Å². The normalized spacial score (nSPS) is 17.7. The van der Waals surface area contributed by atoms with E-state index in [0.29, 0.717) is 17.0 Å². The van der Waals surface area contributed by atoms with Crippen molar-refractivity contribution in [3.8, 4) is 23.7 Å². The van der Waals surface area contributed by atoms with Gasteiger partial charge < -0.3 is 0 Å². The van der Waals surface area contributed by atoms with Crippen LogP contribution in [0.1, 0.15) is 62.1 Å². The molecule has 4 heteroatoms. The number of aliphatic imine (C=N–C) groups is 1. The zero-order valence-electron chi connectivity index (χ0n) is 17.0. The molecule has 152 valence electrons. The second-order valence-corrected chi connectivity index (χ2v) is 7.77. The van der Waals surface area contributed by atoms with Crippen LogP contribution in [0.25, 0.3) is 0 Å². The van der Waals surface area contributed by atoms with Gasteiger partial charge in [0, 0.05) is 17.0 Å². The van der Waals surface area contributed by atoms with Crippen LogP contribution in [0.5, 0.6) is 0 Å². The van der Waals surface area contributed by atoms with Crippen molar-refractivity contribution in [3.63, 3.8) is 0 Å². The van der Waals surface area contributed by atoms with Crippen molar-refractivity contribution in [2.45, 2.75) is 45.4 Å². The molecule has 2 aromatic carbocycles. The molecule has 1 aliphatic carbocycles. The number of hydrogen-bond donors (Lipinski definition) is 0. The van der Waals surface area contributed by atoms with Gasteiger partial charge in [-0.15, -0.1) is 0 Å². The number of halogens is 2. The van der Waals surface area contributed by atoms with Gasteiger partial charge in [-0.1, -0.05) is 43.4 Å². The zero-order valence-corrected chi connectivity index (χ0v) is 17.8. The molecule has 0 heterocycles. The topological polar surface area (TPSA) is 12.4 Å². The standard InChI is InChI=1S/C26H23F2NS/c1-2-3-19-4-6-20(7-5-19)8-9-21-10-13-23(24(27)16-21)14-11-22-12-15-26(29-18-30)25(28)17-22/h10,12-13,15-17,19-20H,2-7H2,1H3. The third-order valence-electron chi connectivity index (χ3n) is 5.39. The molecule has 1 nitrogen and oxygen atoms in total. The highest BCUT2D eigenvalue weighted by atomic mass is 32.1. The maximum Gasteiger partial charge on any atom is 0.150 e. The summed E-state index contributed by atoms with van der Waals surface area (Å²) in [5, 5.41) is 2.12. The van der Waals surface area contributed by atoms with Crippen molar-refractivity contribution in [1.29, 1.82) is 0 Å². The third kappa shape index (κ3) is 6.11. The molecule has 0 radical (unpaired) electrons. The zero-order chi connectivity index (χ0) is 21.3. The van der Waals surface area contributed by atoms with Gasteiger partial charge >= 0.3 is 0 Å². The SMILES string of the molecule is CCCC1CCC(C#Cc2ccc(C#Cc3ccc(N=C=S)c(F)c3)c(F)c2)CC1. The molecule has 1 aliphatic rings. The van der Waals surface area contributed by atoms with Gasteiger partial charge in [0.05, 0.1) is 10.7 Å². The number of nitrogens with zero attached hydrogens (tertiary/aromatic N) is 1. The van der Waals surface area contributed by atoms with E-state index in [-0.39, 0.29) is 11.3 Å². The highest BCUT2D eigenvalue weighted by molar-refractivity contribution is 7.78. The van der Waals surface area contributed by atoms with Crippen molar-refractivity contribution in [2.75, 3.05) is 0 Å². The lowest BCUT2D eigenvalue weighted by atomic mass is 9.80. The first-order valence-electron chi connectivity index (χ1n) is 10.3. The van der Waals surface area contributed by atoms with E-state index in [1.807, 2.05) is 0 Å². The van der Waals surface area contributed by atoms with Crippen molar-refractivity contribution >= 4 is 23.1 Å². The molecular weight excluding hydrogens is 396 g/mol. The molecule has 1 fully saturated rings. The monoisotopic (exact) mass is 419 g/mol. The Balaban J connectivity index is 1.67. The Morgan fingerprint density at radius 2 is 1.63 bits per heavy atom. The van der Waals surface area contributed by atoms with Gasteiger partial charge in [0.1, 0.15) is 11.5 Å². The molecule has 0 amide bonds. The van der Waals surface area contributed by atoms with Crippen LogP contribution in [-0.4, -0.2) is 5.16 Å². The number of isothiocyanates is 1. The Bertz CT molecular complexity index is 1070. The maximum atomic E-state index is 14.4. The van der Waals surface area contributed by atoms with Gasteiger partial charge in [-0.2, -0.15) is 4.99 Å². The van der Waals surface area contributed by atoms with E-state index in [4.69, 9.17) is 0 Å². The summed E-state index contributed by atoms with van der Waals surface area (Å²) in [5.41, 5.74) is 1.44. The Morgan fingerprint density at radius 3 is 2.30 bits per heavy atom. The van der Waals surface area contributed by atoms with E-state index < -0.39 is 11.6 Å². The first-order chi connectivity index (χ1) is 14.6. The quantitative estimate of drug-likeness (QED) is 0.295.